The molecule has 0 radical (unpaired) electrons. The fraction of sp³-hybridized carbons (Fsp3) is 0.333. The van der Waals surface area contributed by atoms with Crippen LogP contribution in [-0.4, -0.2) is 47.1 Å². The third kappa shape index (κ3) is 5.42. The van der Waals surface area contributed by atoms with Gasteiger partial charge in [0, 0.05) is 47.7 Å². The summed E-state index contributed by atoms with van der Waals surface area (Å²) in [6, 6.07) is 25.2. The van der Waals surface area contributed by atoms with Crippen LogP contribution in [0, 0.1) is 13.8 Å². The quantitative estimate of drug-likeness (QED) is 0.264. The summed E-state index contributed by atoms with van der Waals surface area (Å²) in [4.78, 5) is 9.33. The molecule has 7 nitrogen and oxygen atoms in total. The molecule has 6 rings (SSSR count). The Kier molecular flexibility index (Phi) is 7.69. The summed E-state index contributed by atoms with van der Waals surface area (Å²) < 4.78 is 13.8. The first-order valence-electron chi connectivity index (χ1n) is 14.3. The number of hydrogen-bond acceptors (Lipinski definition) is 5. The van der Waals surface area contributed by atoms with Crippen LogP contribution in [0.15, 0.2) is 79.0 Å². The molecule has 2 aromatic heterocycles. The molecule has 4 aromatic rings. The molecule has 2 aliphatic heterocycles. The predicted octanol–water partition coefficient (Wildman–Crippen LogP) is 6.29. The van der Waals surface area contributed by atoms with Gasteiger partial charge in [0.25, 0.3) is 0 Å². The van der Waals surface area contributed by atoms with Gasteiger partial charge in [-0.05, 0) is 112 Å². The highest BCUT2D eigenvalue weighted by Gasteiger charge is 2.42. The van der Waals surface area contributed by atoms with Gasteiger partial charge in [-0.25, -0.2) is 0 Å². The van der Waals surface area contributed by atoms with Crippen molar-refractivity contribution in [1.29, 1.82) is 0 Å². The molecule has 0 unspecified atom stereocenters. The number of anilines is 2. The summed E-state index contributed by atoms with van der Waals surface area (Å²) in [5.74, 6) is 0.846. The Hall–Kier alpha value is -3.88. The minimum atomic E-state index is -0.104. The third-order valence-corrected chi connectivity index (χ3v) is 8.17. The second-order valence-electron chi connectivity index (χ2n) is 10.9. The average molecular weight is 568 g/mol. The van der Waals surface area contributed by atoms with E-state index in [0.717, 1.165) is 49.1 Å². The molecular formula is C33H37N5O2S. The highest BCUT2D eigenvalue weighted by molar-refractivity contribution is 7.80. The number of pyridine rings is 1. The fourth-order valence-corrected chi connectivity index (χ4v) is 6.37. The van der Waals surface area contributed by atoms with Gasteiger partial charge in [-0.2, -0.15) is 0 Å². The van der Waals surface area contributed by atoms with Crippen molar-refractivity contribution in [2.24, 2.45) is 0 Å². The molecule has 2 fully saturated rings. The van der Waals surface area contributed by atoms with Crippen molar-refractivity contribution in [3.05, 3.63) is 102 Å². The van der Waals surface area contributed by atoms with Crippen LogP contribution in [-0.2, 0) is 4.74 Å². The van der Waals surface area contributed by atoms with Crippen molar-refractivity contribution < 1.29 is 9.47 Å². The van der Waals surface area contributed by atoms with Crippen LogP contribution < -0.4 is 19.9 Å². The maximum Gasteiger partial charge on any atom is 0.174 e. The molecule has 2 saturated heterocycles. The summed E-state index contributed by atoms with van der Waals surface area (Å²) in [7, 11) is 0. The molecule has 4 heterocycles. The van der Waals surface area contributed by atoms with Gasteiger partial charge in [0.15, 0.2) is 5.11 Å². The minimum absolute atomic E-state index is 0.0816. The maximum atomic E-state index is 5.97. The summed E-state index contributed by atoms with van der Waals surface area (Å²) in [6.45, 7) is 11.8. The van der Waals surface area contributed by atoms with E-state index >= 15 is 0 Å². The zero-order chi connectivity index (χ0) is 28.5. The van der Waals surface area contributed by atoms with Gasteiger partial charge in [-0.1, -0.05) is 6.07 Å². The van der Waals surface area contributed by atoms with Crippen molar-refractivity contribution in [3.63, 3.8) is 0 Å². The van der Waals surface area contributed by atoms with E-state index in [-0.39, 0.29) is 18.2 Å². The molecule has 1 N–H and O–H groups in total. The summed E-state index contributed by atoms with van der Waals surface area (Å²) in [6.07, 6.45) is 1.96. The molecule has 8 heteroatoms. The van der Waals surface area contributed by atoms with Gasteiger partial charge in [-0.3, -0.25) is 4.98 Å². The van der Waals surface area contributed by atoms with Crippen molar-refractivity contribution in [3.8, 4) is 11.4 Å². The van der Waals surface area contributed by atoms with Crippen LogP contribution in [0.25, 0.3) is 5.69 Å². The molecule has 2 aliphatic rings. The SMILES string of the molecule is Cc1cc([C@H]2[C@@H](c3ccccn3)NC(=S)N2c2ccc(OC(C)C)cc2)c(C)n1-c1ccc(N2CCOCC2)cc1. The third-order valence-electron chi connectivity index (χ3n) is 7.86. The van der Waals surface area contributed by atoms with E-state index in [1.807, 2.05) is 44.3 Å². The topological polar surface area (TPSA) is 54.8 Å². The largest absolute Gasteiger partial charge is 0.491 e. The molecule has 0 amide bonds. The number of nitrogens with zero attached hydrogens (tertiary/aromatic N) is 4. The Balaban J connectivity index is 1.39. The Bertz CT molecular complexity index is 1500. The lowest BCUT2D eigenvalue weighted by molar-refractivity contribution is 0.122. The van der Waals surface area contributed by atoms with E-state index in [1.54, 1.807) is 0 Å². The van der Waals surface area contributed by atoms with Gasteiger partial charge in [0.2, 0.25) is 0 Å². The van der Waals surface area contributed by atoms with E-state index in [2.05, 4.69) is 82.1 Å². The smallest absolute Gasteiger partial charge is 0.174 e. The molecule has 2 atom stereocenters. The Morgan fingerprint density at radius 3 is 2.27 bits per heavy atom. The number of aryl methyl sites for hydroxylation is 1. The highest BCUT2D eigenvalue weighted by atomic mass is 32.1. The van der Waals surface area contributed by atoms with Crippen LogP contribution in [0.1, 0.15) is 48.6 Å². The number of ether oxygens (including phenoxy) is 2. The van der Waals surface area contributed by atoms with E-state index in [9.17, 15) is 0 Å². The maximum absolute atomic E-state index is 5.97. The average Bonchev–Trinajstić information content (AvgIpc) is 3.48. The normalized spacial score (nSPS) is 19.1. The Labute approximate surface area is 247 Å². The number of aromatic nitrogens is 2. The van der Waals surface area contributed by atoms with Gasteiger partial charge in [0.05, 0.1) is 37.1 Å². The van der Waals surface area contributed by atoms with E-state index in [0.29, 0.717) is 5.11 Å². The number of rotatable bonds is 7. The molecule has 2 aromatic carbocycles. The number of hydrogen-bond donors (Lipinski definition) is 1. The molecule has 212 valence electrons. The van der Waals surface area contributed by atoms with Crippen molar-refractivity contribution >= 4 is 28.7 Å². The summed E-state index contributed by atoms with van der Waals surface area (Å²) in [5.41, 5.74) is 7.93. The lowest BCUT2D eigenvalue weighted by atomic mass is 9.96. The first kappa shape index (κ1) is 27.3. The number of morpholine rings is 1. The zero-order valence-electron chi connectivity index (χ0n) is 24.1. The van der Waals surface area contributed by atoms with Gasteiger partial charge in [-0.15, -0.1) is 0 Å². The Morgan fingerprint density at radius 1 is 0.927 bits per heavy atom. The second kappa shape index (κ2) is 11.5. The van der Waals surface area contributed by atoms with Crippen LogP contribution in [0.4, 0.5) is 11.4 Å². The van der Waals surface area contributed by atoms with Crippen LogP contribution in [0.5, 0.6) is 5.75 Å². The molecule has 0 bridgehead atoms. The summed E-state index contributed by atoms with van der Waals surface area (Å²) in [5, 5.41) is 4.28. The lowest BCUT2D eigenvalue weighted by Crippen LogP contribution is -2.36. The minimum Gasteiger partial charge on any atom is -0.491 e. The second-order valence-corrected chi connectivity index (χ2v) is 11.3. The van der Waals surface area contributed by atoms with E-state index in [4.69, 9.17) is 26.7 Å². The first-order chi connectivity index (χ1) is 19.9. The van der Waals surface area contributed by atoms with Crippen molar-refractivity contribution in [2.75, 3.05) is 36.1 Å². The number of nitrogens with one attached hydrogen (secondary N) is 1. The van der Waals surface area contributed by atoms with E-state index in [1.165, 1.54) is 22.6 Å². The molecule has 0 aliphatic carbocycles. The lowest BCUT2D eigenvalue weighted by Gasteiger charge is -2.29. The molecular weight excluding hydrogens is 530 g/mol. The Morgan fingerprint density at radius 2 is 1.61 bits per heavy atom. The summed E-state index contributed by atoms with van der Waals surface area (Å²) >= 11 is 5.97. The highest BCUT2D eigenvalue weighted by Crippen LogP contribution is 2.44. The van der Waals surface area contributed by atoms with Gasteiger partial charge >= 0.3 is 0 Å². The van der Waals surface area contributed by atoms with Crippen molar-refractivity contribution in [2.45, 2.75) is 45.9 Å². The van der Waals surface area contributed by atoms with Gasteiger partial charge in [0.1, 0.15) is 5.75 Å². The number of benzene rings is 2. The molecule has 0 spiro atoms. The van der Waals surface area contributed by atoms with Gasteiger partial charge < -0.3 is 29.2 Å². The first-order valence-corrected chi connectivity index (χ1v) is 14.7. The monoisotopic (exact) mass is 567 g/mol. The van der Waals surface area contributed by atoms with E-state index < -0.39 is 0 Å². The standard InChI is InChI=1S/C33H37N5O2S/c1-22(2)40-28-14-12-27(13-15-28)38-32(31(35-33(38)41)30-7-5-6-16-34-30)29-21-23(3)37(24(29)4)26-10-8-25(9-11-26)36-17-19-39-20-18-36/h5-16,21-22,31-32H,17-20H2,1-4H3,(H,35,41)/t31-,32+/m1/s1. The fourth-order valence-electron chi connectivity index (χ4n) is 6.02. The van der Waals surface area contributed by atoms with Crippen LogP contribution >= 0.6 is 12.2 Å². The molecule has 0 saturated carbocycles. The van der Waals surface area contributed by atoms with Crippen LogP contribution in [0.3, 0.4) is 0 Å². The zero-order valence-corrected chi connectivity index (χ0v) is 24.9. The molecule has 41 heavy (non-hydrogen) atoms. The number of thiocarbonyl (C=S) groups is 1. The predicted molar refractivity (Wildman–Crippen MR) is 168 cm³/mol. The van der Waals surface area contributed by atoms with Crippen molar-refractivity contribution in [1.82, 2.24) is 14.9 Å². The van der Waals surface area contributed by atoms with Crippen LogP contribution in [0.2, 0.25) is 0 Å².